The maximum atomic E-state index is 11.9. The molecule has 0 heterocycles. The quantitative estimate of drug-likeness (QED) is 0.517. The fourth-order valence-electron chi connectivity index (χ4n) is 1.69. The van der Waals surface area contributed by atoms with Crippen LogP contribution in [0, 0.1) is 0 Å². The van der Waals surface area contributed by atoms with Gasteiger partial charge in [-0.05, 0) is 37.3 Å². The lowest BCUT2D eigenvalue weighted by Gasteiger charge is -2.05. The number of amides is 1. The van der Waals surface area contributed by atoms with Crippen LogP contribution in [0.1, 0.15) is 22.8 Å². The molecule has 4 nitrogen and oxygen atoms in total. The Bertz CT molecular complexity index is 650. The molecular weight excluding hydrogens is 274 g/mol. The van der Waals surface area contributed by atoms with Gasteiger partial charge >= 0.3 is 0 Å². The van der Waals surface area contributed by atoms with E-state index in [0.29, 0.717) is 22.0 Å². The van der Waals surface area contributed by atoms with Crippen molar-refractivity contribution >= 4 is 28.9 Å². The van der Waals surface area contributed by atoms with E-state index in [-0.39, 0.29) is 5.91 Å². The van der Waals surface area contributed by atoms with Gasteiger partial charge in [-0.2, -0.15) is 5.10 Å². The Morgan fingerprint density at radius 1 is 1.15 bits per heavy atom. The zero-order valence-electron chi connectivity index (χ0n) is 10.9. The average Bonchev–Trinajstić information content (AvgIpc) is 2.45. The van der Waals surface area contributed by atoms with Gasteiger partial charge in [0.1, 0.15) is 0 Å². The van der Waals surface area contributed by atoms with E-state index in [1.165, 1.54) is 0 Å². The van der Waals surface area contributed by atoms with Crippen LogP contribution in [0.2, 0.25) is 5.02 Å². The van der Waals surface area contributed by atoms with Crippen molar-refractivity contribution in [1.82, 2.24) is 5.43 Å². The van der Waals surface area contributed by atoms with Gasteiger partial charge in [0.2, 0.25) is 0 Å². The van der Waals surface area contributed by atoms with Crippen molar-refractivity contribution in [2.75, 3.05) is 5.73 Å². The minimum atomic E-state index is -0.296. The molecule has 0 aromatic heterocycles. The first-order valence-corrected chi connectivity index (χ1v) is 6.41. The van der Waals surface area contributed by atoms with Crippen LogP contribution in [-0.4, -0.2) is 11.6 Å². The number of nitrogens with one attached hydrogen (secondary N) is 1. The van der Waals surface area contributed by atoms with Crippen molar-refractivity contribution in [3.05, 3.63) is 64.7 Å². The van der Waals surface area contributed by atoms with Gasteiger partial charge in [-0.15, -0.1) is 0 Å². The molecule has 1 amide bonds. The third kappa shape index (κ3) is 3.36. The Morgan fingerprint density at radius 2 is 1.80 bits per heavy atom. The highest BCUT2D eigenvalue weighted by atomic mass is 35.5. The minimum absolute atomic E-state index is 0.296. The van der Waals surface area contributed by atoms with Crippen molar-refractivity contribution in [2.45, 2.75) is 6.92 Å². The molecule has 20 heavy (non-hydrogen) atoms. The first kappa shape index (κ1) is 14.1. The van der Waals surface area contributed by atoms with Gasteiger partial charge < -0.3 is 5.73 Å². The maximum Gasteiger partial charge on any atom is 0.271 e. The van der Waals surface area contributed by atoms with Crippen LogP contribution in [0.3, 0.4) is 0 Å². The van der Waals surface area contributed by atoms with E-state index in [4.69, 9.17) is 17.3 Å². The molecule has 3 N–H and O–H groups in total. The number of benzene rings is 2. The van der Waals surface area contributed by atoms with Crippen LogP contribution < -0.4 is 11.2 Å². The van der Waals surface area contributed by atoms with Gasteiger partial charge in [0.15, 0.2) is 0 Å². The first-order chi connectivity index (χ1) is 9.58. The minimum Gasteiger partial charge on any atom is -0.398 e. The predicted octanol–water partition coefficient (Wildman–Crippen LogP) is 3.08. The van der Waals surface area contributed by atoms with Crippen LogP contribution in [0.5, 0.6) is 0 Å². The van der Waals surface area contributed by atoms with E-state index >= 15 is 0 Å². The van der Waals surface area contributed by atoms with E-state index in [1.54, 1.807) is 37.3 Å². The molecule has 102 valence electrons. The van der Waals surface area contributed by atoms with E-state index < -0.39 is 0 Å². The van der Waals surface area contributed by atoms with Gasteiger partial charge in [0.05, 0.1) is 5.71 Å². The second-order valence-corrected chi connectivity index (χ2v) is 4.67. The second-order valence-electron chi connectivity index (χ2n) is 4.23. The van der Waals surface area contributed by atoms with Crippen molar-refractivity contribution in [3.8, 4) is 0 Å². The summed E-state index contributed by atoms with van der Waals surface area (Å²) in [6.45, 7) is 1.79. The lowest BCUT2D eigenvalue weighted by atomic mass is 10.1. The number of hydrogen-bond acceptors (Lipinski definition) is 3. The maximum absolute atomic E-state index is 11.9. The summed E-state index contributed by atoms with van der Waals surface area (Å²) < 4.78 is 0. The largest absolute Gasteiger partial charge is 0.398 e. The number of nitrogens with two attached hydrogens (primary N) is 1. The fourth-order valence-corrected chi connectivity index (χ4v) is 1.81. The second kappa shape index (κ2) is 6.21. The van der Waals surface area contributed by atoms with Crippen LogP contribution >= 0.6 is 11.6 Å². The van der Waals surface area contributed by atoms with Gasteiger partial charge in [-0.25, -0.2) is 5.43 Å². The number of nitrogen functional groups attached to an aromatic ring is 1. The molecule has 0 spiro atoms. The Hall–Kier alpha value is -2.33. The molecule has 0 bridgehead atoms. The Morgan fingerprint density at radius 3 is 2.45 bits per heavy atom. The smallest absolute Gasteiger partial charge is 0.271 e. The molecular formula is C15H14ClN3O. The first-order valence-electron chi connectivity index (χ1n) is 6.03. The van der Waals surface area contributed by atoms with Gasteiger partial charge in [0, 0.05) is 21.8 Å². The number of carbonyl (C=O) groups is 1. The molecule has 0 aliphatic rings. The van der Waals surface area contributed by atoms with Crippen LogP contribution in [0.4, 0.5) is 5.69 Å². The summed E-state index contributed by atoms with van der Waals surface area (Å²) in [6, 6.07) is 13.9. The van der Waals surface area contributed by atoms with Gasteiger partial charge in [-0.1, -0.05) is 29.8 Å². The average molecular weight is 288 g/mol. The highest BCUT2D eigenvalue weighted by Crippen LogP contribution is 2.12. The number of anilines is 1. The zero-order valence-corrected chi connectivity index (χ0v) is 11.7. The molecule has 2 aromatic carbocycles. The number of rotatable bonds is 3. The summed E-state index contributed by atoms with van der Waals surface area (Å²) in [7, 11) is 0. The van der Waals surface area contributed by atoms with Gasteiger partial charge in [-0.3, -0.25) is 4.79 Å². The molecule has 0 radical (unpaired) electrons. The Kier molecular flexibility index (Phi) is 4.38. The van der Waals surface area contributed by atoms with E-state index in [2.05, 4.69) is 10.5 Å². The summed E-state index contributed by atoms with van der Waals surface area (Å²) in [5.74, 6) is -0.296. The topological polar surface area (TPSA) is 67.5 Å². The fraction of sp³-hybridized carbons (Fsp3) is 0.0667. The number of para-hydroxylation sites is 1. The summed E-state index contributed by atoms with van der Waals surface area (Å²) in [6.07, 6.45) is 0. The normalized spacial score (nSPS) is 11.2. The van der Waals surface area contributed by atoms with Crippen LogP contribution in [-0.2, 0) is 0 Å². The molecule has 0 aliphatic heterocycles. The lowest BCUT2D eigenvalue weighted by molar-refractivity contribution is 0.0955. The summed E-state index contributed by atoms with van der Waals surface area (Å²) in [5, 5.41) is 4.64. The van der Waals surface area contributed by atoms with E-state index in [0.717, 1.165) is 5.56 Å². The standard InChI is InChI=1S/C15H14ClN3O/c1-10(13-4-2-3-5-14(13)17)18-19-15(20)11-6-8-12(16)9-7-11/h2-9H,17H2,1H3,(H,19,20)/b18-10-. The summed E-state index contributed by atoms with van der Waals surface area (Å²) >= 11 is 5.77. The molecule has 0 unspecified atom stereocenters. The zero-order chi connectivity index (χ0) is 14.5. The molecule has 0 saturated carbocycles. The lowest BCUT2D eigenvalue weighted by Crippen LogP contribution is -2.19. The Balaban J connectivity index is 2.11. The highest BCUT2D eigenvalue weighted by Gasteiger charge is 2.05. The van der Waals surface area contributed by atoms with Crippen molar-refractivity contribution in [3.63, 3.8) is 0 Å². The van der Waals surface area contributed by atoms with Crippen molar-refractivity contribution in [2.24, 2.45) is 5.10 Å². The number of nitrogens with zero attached hydrogens (tertiary/aromatic N) is 1. The number of hydrazone groups is 1. The SMILES string of the molecule is C/C(=N/NC(=O)c1ccc(Cl)cc1)c1ccccc1N. The van der Waals surface area contributed by atoms with Crippen LogP contribution in [0.15, 0.2) is 53.6 Å². The molecule has 0 atom stereocenters. The molecule has 2 rings (SSSR count). The molecule has 2 aromatic rings. The van der Waals surface area contributed by atoms with Crippen molar-refractivity contribution in [1.29, 1.82) is 0 Å². The summed E-state index contributed by atoms with van der Waals surface area (Å²) in [5.41, 5.74) is 10.9. The van der Waals surface area contributed by atoms with E-state index in [1.807, 2.05) is 18.2 Å². The van der Waals surface area contributed by atoms with Crippen molar-refractivity contribution < 1.29 is 4.79 Å². The van der Waals surface area contributed by atoms with Crippen LogP contribution in [0.25, 0.3) is 0 Å². The monoisotopic (exact) mass is 287 g/mol. The molecule has 5 heteroatoms. The Labute approximate surface area is 122 Å². The predicted molar refractivity (Wildman–Crippen MR) is 82.0 cm³/mol. The number of halogens is 1. The number of carbonyl (C=O) groups excluding carboxylic acids is 1. The third-order valence-corrected chi connectivity index (χ3v) is 3.03. The molecule has 0 saturated heterocycles. The van der Waals surface area contributed by atoms with E-state index in [9.17, 15) is 4.79 Å². The molecule has 0 aliphatic carbocycles. The molecule has 0 fully saturated rings. The highest BCUT2D eigenvalue weighted by molar-refractivity contribution is 6.30. The number of hydrogen-bond donors (Lipinski definition) is 2. The third-order valence-electron chi connectivity index (χ3n) is 2.78. The van der Waals surface area contributed by atoms with Gasteiger partial charge in [0.25, 0.3) is 5.91 Å². The summed E-state index contributed by atoms with van der Waals surface area (Å²) in [4.78, 5) is 11.9.